The molecule has 0 radical (unpaired) electrons. The van der Waals surface area contributed by atoms with Gasteiger partial charge >= 0.3 is 0 Å². The van der Waals surface area contributed by atoms with Gasteiger partial charge in [0.05, 0.1) is 32.9 Å². The van der Waals surface area contributed by atoms with E-state index in [1.54, 1.807) is 18.5 Å². The van der Waals surface area contributed by atoms with Crippen molar-refractivity contribution in [3.05, 3.63) is 59.7 Å². The Balaban J connectivity index is 1.83. The zero-order chi connectivity index (χ0) is 17.2. The molecule has 0 aliphatic carbocycles. The van der Waals surface area contributed by atoms with Crippen LogP contribution in [0.25, 0.3) is 0 Å². The molecule has 0 fully saturated rings. The van der Waals surface area contributed by atoms with Crippen LogP contribution >= 0.6 is 12.8 Å². The number of nitrogens with zero attached hydrogens (tertiary/aromatic N) is 1. The molecule has 0 atom stereocenters. The lowest BCUT2D eigenvalue weighted by Crippen LogP contribution is -2.16. The minimum absolute atomic E-state index is 0.391. The van der Waals surface area contributed by atoms with Crippen LogP contribution in [0.2, 0.25) is 0 Å². The molecule has 2 aromatic carbocycles. The van der Waals surface area contributed by atoms with Crippen molar-refractivity contribution in [2.75, 3.05) is 27.5 Å². The standard InChI is InChI=1S/C19H21NO3S/c1-21-18-10-11-19(22-2)17(13-18)9-6-12-20(24)15-23-14-16-7-4-3-5-8-16/h3-5,7-8,10-11,13,24H,12,14-15H2,1-2H3. The second kappa shape index (κ2) is 9.89. The van der Waals surface area contributed by atoms with Crippen LogP contribution in [0, 0.1) is 11.8 Å². The van der Waals surface area contributed by atoms with E-state index in [-0.39, 0.29) is 0 Å². The topological polar surface area (TPSA) is 30.9 Å². The Morgan fingerprint density at radius 2 is 1.83 bits per heavy atom. The van der Waals surface area contributed by atoms with E-state index in [1.165, 1.54) is 0 Å². The highest BCUT2D eigenvalue weighted by molar-refractivity contribution is 7.77. The van der Waals surface area contributed by atoms with Crippen LogP contribution in [0.3, 0.4) is 0 Å². The number of benzene rings is 2. The van der Waals surface area contributed by atoms with Crippen molar-refractivity contribution in [3.63, 3.8) is 0 Å². The predicted octanol–water partition coefficient (Wildman–Crippen LogP) is 3.38. The quantitative estimate of drug-likeness (QED) is 0.474. The monoisotopic (exact) mass is 343 g/mol. The molecule has 5 heteroatoms. The van der Waals surface area contributed by atoms with Gasteiger partial charge in [-0.3, -0.25) is 0 Å². The van der Waals surface area contributed by atoms with Crippen LogP contribution in [0.15, 0.2) is 48.5 Å². The summed E-state index contributed by atoms with van der Waals surface area (Å²) in [6.45, 7) is 1.41. The summed E-state index contributed by atoms with van der Waals surface area (Å²) < 4.78 is 17.8. The molecule has 0 unspecified atom stereocenters. The van der Waals surface area contributed by atoms with Crippen LogP contribution in [-0.2, 0) is 11.3 Å². The number of thiol groups is 1. The fraction of sp³-hybridized carbons (Fsp3) is 0.263. The molecule has 24 heavy (non-hydrogen) atoms. The zero-order valence-corrected chi connectivity index (χ0v) is 14.8. The molecule has 0 heterocycles. The smallest absolute Gasteiger partial charge is 0.134 e. The summed E-state index contributed by atoms with van der Waals surface area (Å²) in [5.41, 5.74) is 1.91. The average Bonchev–Trinajstić information content (AvgIpc) is 2.62. The number of hydrogen-bond donors (Lipinski definition) is 1. The Hall–Kier alpha value is -2.13. The first-order valence-electron chi connectivity index (χ1n) is 7.49. The third-order valence-corrected chi connectivity index (χ3v) is 3.50. The van der Waals surface area contributed by atoms with Gasteiger partial charge < -0.3 is 14.2 Å². The first kappa shape index (κ1) is 18.2. The van der Waals surface area contributed by atoms with Gasteiger partial charge in [0.2, 0.25) is 0 Å². The summed E-state index contributed by atoms with van der Waals surface area (Å²) in [6, 6.07) is 15.5. The van der Waals surface area contributed by atoms with Crippen LogP contribution in [0.4, 0.5) is 0 Å². The Labute approximate surface area is 148 Å². The van der Waals surface area contributed by atoms with Crippen molar-refractivity contribution in [1.82, 2.24) is 4.31 Å². The molecule has 0 amide bonds. The minimum Gasteiger partial charge on any atom is -0.497 e. The van der Waals surface area contributed by atoms with Gasteiger partial charge in [0.15, 0.2) is 0 Å². The summed E-state index contributed by atoms with van der Waals surface area (Å²) in [4.78, 5) is 0. The SMILES string of the molecule is COc1ccc(OC)c(C#CCN(S)COCc2ccccc2)c1. The van der Waals surface area contributed by atoms with E-state index in [2.05, 4.69) is 24.7 Å². The Morgan fingerprint density at radius 1 is 1.04 bits per heavy atom. The van der Waals surface area contributed by atoms with E-state index >= 15 is 0 Å². The summed E-state index contributed by atoms with van der Waals surface area (Å²) in [7, 11) is 3.24. The molecule has 0 bridgehead atoms. The Kier molecular flexibility index (Phi) is 7.50. The highest BCUT2D eigenvalue weighted by Gasteiger charge is 2.02. The minimum atomic E-state index is 0.391. The highest BCUT2D eigenvalue weighted by atomic mass is 32.1. The maximum atomic E-state index is 5.60. The molecule has 0 aliphatic heterocycles. The molecule has 0 saturated heterocycles. The molecule has 0 aliphatic rings. The zero-order valence-electron chi connectivity index (χ0n) is 13.9. The van der Waals surface area contributed by atoms with E-state index in [9.17, 15) is 0 Å². The van der Waals surface area contributed by atoms with E-state index in [4.69, 9.17) is 14.2 Å². The van der Waals surface area contributed by atoms with Gasteiger partial charge in [-0.15, -0.1) is 0 Å². The molecular weight excluding hydrogens is 322 g/mol. The van der Waals surface area contributed by atoms with Crippen molar-refractivity contribution in [3.8, 4) is 23.3 Å². The van der Waals surface area contributed by atoms with E-state index in [1.807, 2.05) is 48.5 Å². The Morgan fingerprint density at radius 3 is 2.54 bits per heavy atom. The average molecular weight is 343 g/mol. The summed E-state index contributed by atoms with van der Waals surface area (Å²) in [5.74, 6) is 7.60. The third-order valence-electron chi connectivity index (χ3n) is 3.24. The maximum absolute atomic E-state index is 5.60. The van der Waals surface area contributed by atoms with Crippen molar-refractivity contribution < 1.29 is 14.2 Å². The first-order valence-corrected chi connectivity index (χ1v) is 7.89. The van der Waals surface area contributed by atoms with Crippen LogP contribution in [0.1, 0.15) is 11.1 Å². The van der Waals surface area contributed by atoms with Gasteiger partial charge in [-0.2, -0.15) is 0 Å². The highest BCUT2D eigenvalue weighted by Crippen LogP contribution is 2.22. The van der Waals surface area contributed by atoms with E-state index < -0.39 is 0 Å². The first-order chi connectivity index (χ1) is 11.7. The number of ether oxygens (including phenoxy) is 3. The lowest BCUT2D eigenvalue weighted by atomic mass is 10.2. The molecule has 0 spiro atoms. The van der Waals surface area contributed by atoms with Gasteiger partial charge in [0.25, 0.3) is 0 Å². The van der Waals surface area contributed by atoms with Crippen LogP contribution in [0.5, 0.6) is 11.5 Å². The van der Waals surface area contributed by atoms with Gasteiger partial charge in [0, 0.05) is 0 Å². The van der Waals surface area contributed by atoms with Crippen LogP contribution in [-0.4, -0.2) is 31.8 Å². The van der Waals surface area contributed by atoms with Crippen molar-refractivity contribution >= 4 is 12.8 Å². The summed E-state index contributed by atoms with van der Waals surface area (Å²) in [5, 5.41) is 0. The largest absolute Gasteiger partial charge is 0.497 e. The second-order valence-electron chi connectivity index (χ2n) is 5.00. The normalized spacial score (nSPS) is 10.2. The van der Waals surface area contributed by atoms with Gasteiger partial charge in [-0.25, -0.2) is 4.31 Å². The maximum Gasteiger partial charge on any atom is 0.134 e. The number of methoxy groups -OCH3 is 2. The molecular formula is C19H21NO3S. The van der Waals surface area contributed by atoms with Crippen molar-refractivity contribution in [1.29, 1.82) is 0 Å². The molecule has 126 valence electrons. The van der Waals surface area contributed by atoms with Crippen LogP contribution < -0.4 is 9.47 Å². The lowest BCUT2D eigenvalue weighted by molar-refractivity contribution is 0.0701. The van der Waals surface area contributed by atoms with E-state index in [0.717, 1.165) is 16.9 Å². The summed E-state index contributed by atoms with van der Waals surface area (Å²) >= 11 is 4.36. The molecule has 2 aromatic rings. The lowest BCUT2D eigenvalue weighted by Gasteiger charge is -2.12. The van der Waals surface area contributed by atoms with E-state index in [0.29, 0.717) is 25.6 Å². The summed E-state index contributed by atoms with van der Waals surface area (Å²) in [6.07, 6.45) is 0. The van der Waals surface area contributed by atoms with Gasteiger partial charge in [-0.1, -0.05) is 55.0 Å². The van der Waals surface area contributed by atoms with Gasteiger partial charge in [0.1, 0.15) is 18.2 Å². The third kappa shape index (κ3) is 5.82. The molecule has 0 N–H and O–H groups in total. The number of hydrogen-bond acceptors (Lipinski definition) is 5. The second-order valence-corrected chi connectivity index (χ2v) is 5.56. The van der Waals surface area contributed by atoms with Gasteiger partial charge in [-0.05, 0) is 23.8 Å². The van der Waals surface area contributed by atoms with Crippen molar-refractivity contribution in [2.24, 2.45) is 0 Å². The molecule has 4 nitrogen and oxygen atoms in total. The molecule has 2 rings (SSSR count). The fourth-order valence-corrected chi connectivity index (χ4v) is 2.18. The number of rotatable bonds is 7. The Bertz CT molecular complexity index is 695. The predicted molar refractivity (Wildman–Crippen MR) is 98.2 cm³/mol. The fourth-order valence-electron chi connectivity index (χ4n) is 2.03. The molecule has 0 aromatic heterocycles. The molecule has 0 saturated carbocycles. The van der Waals surface area contributed by atoms with Crippen molar-refractivity contribution in [2.45, 2.75) is 6.61 Å².